The van der Waals surface area contributed by atoms with Crippen molar-refractivity contribution in [1.82, 2.24) is 9.97 Å². The van der Waals surface area contributed by atoms with Gasteiger partial charge in [-0.1, -0.05) is 49.7 Å². The molecule has 1 heterocycles. The lowest BCUT2D eigenvalue weighted by Crippen LogP contribution is -1.90. The van der Waals surface area contributed by atoms with Crippen LogP contribution in [0.15, 0.2) is 36.5 Å². The van der Waals surface area contributed by atoms with E-state index in [0.717, 1.165) is 5.56 Å². The topological polar surface area (TPSA) is 25.8 Å². The summed E-state index contributed by atoms with van der Waals surface area (Å²) in [5.74, 6) is 1.21. The Hall–Kier alpha value is -1.41. The molecule has 2 aromatic rings. The molecule has 0 aliphatic carbocycles. The Kier molecular flexibility index (Phi) is 3.20. The number of aromatic nitrogens is 2. The van der Waals surface area contributed by atoms with Crippen LogP contribution in [-0.2, 0) is 0 Å². The number of hydrogen-bond acceptors (Lipinski definition) is 2. The SMILES string of the molecule is CC(C)c1ccc(-c2nccc(Cl)n2)cc1. The van der Waals surface area contributed by atoms with Crippen molar-refractivity contribution in [2.24, 2.45) is 0 Å². The molecule has 2 nitrogen and oxygen atoms in total. The minimum absolute atomic E-state index is 0.470. The average Bonchev–Trinajstić information content (AvgIpc) is 2.29. The first-order chi connectivity index (χ1) is 7.66. The van der Waals surface area contributed by atoms with Crippen LogP contribution in [0.4, 0.5) is 0 Å². The molecule has 0 spiro atoms. The van der Waals surface area contributed by atoms with Crippen LogP contribution in [0, 0.1) is 0 Å². The Morgan fingerprint density at radius 2 is 1.75 bits per heavy atom. The summed E-state index contributed by atoms with van der Waals surface area (Å²) in [6, 6.07) is 9.93. The van der Waals surface area contributed by atoms with Crippen LogP contribution in [0.5, 0.6) is 0 Å². The molecule has 16 heavy (non-hydrogen) atoms. The molecule has 0 saturated heterocycles. The second kappa shape index (κ2) is 4.62. The molecule has 0 bridgehead atoms. The fraction of sp³-hybridized carbons (Fsp3) is 0.231. The minimum Gasteiger partial charge on any atom is -0.236 e. The lowest BCUT2D eigenvalue weighted by atomic mass is 10.0. The zero-order valence-electron chi connectivity index (χ0n) is 9.31. The third kappa shape index (κ3) is 2.39. The van der Waals surface area contributed by atoms with E-state index in [1.807, 2.05) is 12.1 Å². The lowest BCUT2D eigenvalue weighted by Gasteiger charge is -2.06. The van der Waals surface area contributed by atoms with Crippen molar-refractivity contribution in [2.45, 2.75) is 19.8 Å². The first-order valence-electron chi connectivity index (χ1n) is 5.25. The standard InChI is InChI=1S/C13H13ClN2/c1-9(2)10-3-5-11(6-4-10)13-15-8-7-12(14)16-13/h3-9H,1-2H3. The molecule has 82 valence electrons. The first kappa shape index (κ1) is 11.1. The van der Waals surface area contributed by atoms with Gasteiger partial charge < -0.3 is 0 Å². The van der Waals surface area contributed by atoms with Crippen LogP contribution < -0.4 is 0 Å². The van der Waals surface area contributed by atoms with Crippen molar-refractivity contribution in [3.8, 4) is 11.4 Å². The summed E-state index contributed by atoms with van der Waals surface area (Å²) >= 11 is 5.83. The summed E-state index contributed by atoms with van der Waals surface area (Å²) in [7, 11) is 0. The fourth-order valence-corrected chi connectivity index (χ4v) is 1.63. The Morgan fingerprint density at radius 1 is 1.06 bits per heavy atom. The lowest BCUT2D eigenvalue weighted by molar-refractivity contribution is 0.867. The van der Waals surface area contributed by atoms with Gasteiger partial charge >= 0.3 is 0 Å². The van der Waals surface area contributed by atoms with Gasteiger partial charge in [-0.2, -0.15) is 0 Å². The molecule has 3 heteroatoms. The van der Waals surface area contributed by atoms with E-state index in [0.29, 0.717) is 16.9 Å². The molecule has 0 radical (unpaired) electrons. The van der Waals surface area contributed by atoms with Gasteiger partial charge in [0.2, 0.25) is 0 Å². The monoisotopic (exact) mass is 232 g/mol. The second-order valence-electron chi connectivity index (χ2n) is 3.98. The van der Waals surface area contributed by atoms with Crippen LogP contribution in [0.2, 0.25) is 5.15 Å². The predicted molar refractivity (Wildman–Crippen MR) is 66.6 cm³/mol. The highest BCUT2D eigenvalue weighted by molar-refractivity contribution is 6.29. The van der Waals surface area contributed by atoms with Crippen LogP contribution in [-0.4, -0.2) is 9.97 Å². The van der Waals surface area contributed by atoms with Gasteiger partial charge in [0.15, 0.2) is 5.82 Å². The number of hydrogen-bond donors (Lipinski definition) is 0. The molecule has 2 rings (SSSR count). The number of rotatable bonds is 2. The van der Waals surface area contributed by atoms with Crippen molar-refractivity contribution < 1.29 is 0 Å². The largest absolute Gasteiger partial charge is 0.236 e. The van der Waals surface area contributed by atoms with E-state index in [1.54, 1.807) is 12.3 Å². The minimum atomic E-state index is 0.470. The molecule has 1 aromatic heterocycles. The van der Waals surface area contributed by atoms with Crippen molar-refractivity contribution in [2.75, 3.05) is 0 Å². The van der Waals surface area contributed by atoms with E-state index in [9.17, 15) is 0 Å². The van der Waals surface area contributed by atoms with Crippen molar-refractivity contribution >= 4 is 11.6 Å². The molecule has 0 amide bonds. The first-order valence-corrected chi connectivity index (χ1v) is 5.63. The van der Waals surface area contributed by atoms with Crippen molar-refractivity contribution in [3.63, 3.8) is 0 Å². The average molecular weight is 233 g/mol. The van der Waals surface area contributed by atoms with Gasteiger partial charge in [0, 0.05) is 11.8 Å². The Bertz CT molecular complexity index is 478. The van der Waals surface area contributed by atoms with Gasteiger partial charge in [0.05, 0.1) is 0 Å². The maximum absolute atomic E-state index is 5.83. The highest BCUT2D eigenvalue weighted by atomic mass is 35.5. The van der Waals surface area contributed by atoms with Crippen LogP contribution in [0.3, 0.4) is 0 Å². The van der Waals surface area contributed by atoms with Gasteiger partial charge in [-0.15, -0.1) is 0 Å². The fourth-order valence-electron chi connectivity index (χ4n) is 1.49. The molecule has 0 atom stereocenters. The quantitative estimate of drug-likeness (QED) is 0.734. The third-order valence-electron chi connectivity index (χ3n) is 2.46. The summed E-state index contributed by atoms with van der Waals surface area (Å²) < 4.78 is 0. The molecular formula is C13H13ClN2. The van der Waals surface area contributed by atoms with Gasteiger partial charge in [0.1, 0.15) is 5.15 Å². The van der Waals surface area contributed by atoms with Gasteiger partial charge in [-0.3, -0.25) is 0 Å². The van der Waals surface area contributed by atoms with Gasteiger partial charge in [-0.05, 0) is 17.5 Å². The number of halogens is 1. The summed E-state index contributed by atoms with van der Waals surface area (Å²) in [6.07, 6.45) is 1.67. The van der Waals surface area contributed by atoms with Crippen molar-refractivity contribution in [1.29, 1.82) is 0 Å². The molecule has 0 aliphatic rings. The molecule has 0 unspecified atom stereocenters. The normalized spacial score (nSPS) is 10.8. The molecule has 0 N–H and O–H groups in total. The highest BCUT2D eigenvalue weighted by Crippen LogP contribution is 2.20. The molecular weight excluding hydrogens is 220 g/mol. The highest BCUT2D eigenvalue weighted by Gasteiger charge is 2.03. The van der Waals surface area contributed by atoms with E-state index in [4.69, 9.17) is 11.6 Å². The van der Waals surface area contributed by atoms with Crippen molar-refractivity contribution in [3.05, 3.63) is 47.2 Å². The smallest absolute Gasteiger partial charge is 0.160 e. The van der Waals surface area contributed by atoms with E-state index >= 15 is 0 Å². The van der Waals surface area contributed by atoms with Crippen LogP contribution >= 0.6 is 11.6 Å². The number of nitrogens with zero attached hydrogens (tertiary/aromatic N) is 2. The zero-order chi connectivity index (χ0) is 11.5. The Labute approximate surface area is 100 Å². The van der Waals surface area contributed by atoms with E-state index < -0.39 is 0 Å². The third-order valence-corrected chi connectivity index (χ3v) is 2.67. The summed E-state index contributed by atoms with van der Waals surface area (Å²) in [5, 5.41) is 0.470. The molecule has 1 aromatic carbocycles. The van der Waals surface area contributed by atoms with Crippen LogP contribution in [0.25, 0.3) is 11.4 Å². The number of benzene rings is 1. The van der Waals surface area contributed by atoms with Crippen LogP contribution in [0.1, 0.15) is 25.3 Å². The van der Waals surface area contributed by atoms with E-state index in [-0.39, 0.29) is 0 Å². The van der Waals surface area contributed by atoms with Gasteiger partial charge in [-0.25, -0.2) is 9.97 Å². The zero-order valence-corrected chi connectivity index (χ0v) is 10.1. The summed E-state index contributed by atoms with van der Waals surface area (Å²) in [6.45, 7) is 4.34. The van der Waals surface area contributed by atoms with E-state index in [1.165, 1.54) is 5.56 Å². The molecule has 0 saturated carbocycles. The summed E-state index contributed by atoms with van der Waals surface area (Å²) in [5.41, 5.74) is 2.30. The van der Waals surface area contributed by atoms with E-state index in [2.05, 4.69) is 35.9 Å². The Morgan fingerprint density at radius 3 is 2.31 bits per heavy atom. The second-order valence-corrected chi connectivity index (χ2v) is 4.37. The Balaban J connectivity index is 2.35. The van der Waals surface area contributed by atoms with Gasteiger partial charge in [0.25, 0.3) is 0 Å². The predicted octanol–water partition coefficient (Wildman–Crippen LogP) is 3.92. The molecule has 0 fully saturated rings. The molecule has 0 aliphatic heterocycles. The maximum Gasteiger partial charge on any atom is 0.160 e. The summed E-state index contributed by atoms with van der Waals surface area (Å²) in [4.78, 5) is 8.36. The maximum atomic E-state index is 5.83.